The minimum Gasteiger partial charge on any atom is -0.481 e. The van der Waals surface area contributed by atoms with Gasteiger partial charge < -0.3 is 5.11 Å². The second-order valence-electron chi connectivity index (χ2n) is 3.69. The second-order valence-corrected chi connectivity index (χ2v) is 4.79. The maximum absolute atomic E-state index is 10.2. The Kier molecular flexibility index (Phi) is 13.2. The van der Waals surface area contributed by atoms with E-state index in [1.165, 1.54) is 31.0 Å². The third-order valence-corrected chi connectivity index (χ3v) is 2.82. The second kappa shape index (κ2) is 11.2. The molecule has 2 nitrogen and oxygen atoms in total. The molecule has 0 rings (SSSR count). The van der Waals surface area contributed by atoms with Crippen LogP contribution in [0.15, 0.2) is 0 Å². The average Bonchev–Trinajstić information content (AvgIpc) is 2.01. The zero-order chi connectivity index (χ0) is 10.1. The van der Waals surface area contributed by atoms with Gasteiger partial charge in [-0.2, -0.15) is 11.8 Å². The number of carbonyl (C=O) groups is 1. The van der Waals surface area contributed by atoms with Crippen molar-refractivity contribution in [1.82, 2.24) is 0 Å². The molecule has 0 saturated carbocycles. The molecular weight excluding hydrogens is 220 g/mol. The molecule has 0 fully saturated rings. The fourth-order valence-electron chi connectivity index (χ4n) is 1.09. The van der Waals surface area contributed by atoms with Crippen LogP contribution in [0.5, 0.6) is 0 Å². The summed E-state index contributed by atoms with van der Waals surface area (Å²) in [5, 5.41) is 8.37. The van der Waals surface area contributed by atoms with Gasteiger partial charge in [0.05, 0.1) is 5.75 Å². The van der Waals surface area contributed by atoms with Gasteiger partial charge in [0.2, 0.25) is 0 Å². The third-order valence-electron chi connectivity index (χ3n) is 1.80. The zero-order valence-electron chi connectivity index (χ0n) is 8.99. The van der Waals surface area contributed by atoms with E-state index in [9.17, 15) is 4.79 Å². The van der Waals surface area contributed by atoms with Crippen molar-refractivity contribution < 1.29 is 9.90 Å². The van der Waals surface area contributed by atoms with Crippen LogP contribution in [0.1, 0.15) is 39.5 Å². The van der Waals surface area contributed by atoms with Gasteiger partial charge in [0, 0.05) is 0 Å². The molecule has 1 N–H and O–H groups in total. The van der Waals surface area contributed by atoms with Crippen LogP contribution in [0.25, 0.3) is 0 Å². The largest absolute Gasteiger partial charge is 0.481 e. The van der Waals surface area contributed by atoms with Crippen molar-refractivity contribution >= 4 is 30.1 Å². The maximum atomic E-state index is 10.2. The Morgan fingerprint density at radius 3 is 2.43 bits per heavy atom. The lowest BCUT2D eigenvalue weighted by molar-refractivity contribution is -0.133. The molecule has 14 heavy (non-hydrogen) atoms. The van der Waals surface area contributed by atoms with Crippen LogP contribution in [0.3, 0.4) is 0 Å². The number of thioether (sulfide) groups is 1. The van der Waals surface area contributed by atoms with Crippen LogP contribution in [0.4, 0.5) is 0 Å². The van der Waals surface area contributed by atoms with Crippen molar-refractivity contribution in [2.75, 3.05) is 11.5 Å². The highest BCUT2D eigenvalue weighted by Crippen LogP contribution is 2.10. The molecule has 0 heterocycles. The SMILES string of the molecule is CC(C)CCCCCSCC(=O)O.Cl. The third kappa shape index (κ3) is 14.6. The lowest BCUT2D eigenvalue weighted by atomic mass is 10.1. The van der Waals surface area contributed by atoms with Crippen molar-refractivity contribution in [3.8, 4) is 0 Å². The molecule has 0 aromatic carbocycles. The Balaban J connectivity index is 0. The predicted octanol–water partition coefficient (Wildman–Crippen LogP) is 3.44. The molecule has 0 aliphatic rings. The van der Waals surface area contributed by atoms with Gasteiger partial charge in [-0.3, -0.25) is 4.79 Å². The number of carboxylic acid groups (broad SMARTS) is 1. The fraction of sp³-hybridized carbons (Fsp3) is 0.900. The van der Waals surface area contributed by atoms with Crippen molar-refractivity contribution in [1.29, 1.82) is 0 Å². The van der Waals surface area contributed by atoms with Crippen molar-refractivity contribution in [2.45, 2.75) is 39.5 Å². The summed E-state index contributed by atoms with van der Waals surface area (Å²) in [5.41, 5.74) is 0. The van der Waals surface area contributed by atoms with Gasteiger partial charge in [0.25, 0.3) is 0 Å². The highest BCUT2D eigenvalue weighted by atomic mass is 35.5. The number of hydrogen-bond acceptors (Lipinski definition) is 2. The van der Waals surface area contributed by atoms with Crippen molar-refractivity contribution in [2.24, 2.45) is 5.92 Å². The molecule has 0 saturated heterocycles. The number of unbranched alkanes of at least 4 members (excludes halogenated alkanes) is 2. The van der Waals surface area contributed by atoms with Gasteiger partial charge in [-0.05, 0) is 18.1 Å². The highest BCUT2D eigenvalue weighted by molar-refractivity contribution is 7.99. The maximum Gasteiger partial charge on any atom is 0.313 e. The topological polar surface area (TPSA) is 37.3 Å². The molecule has 0 bridgehead atoms. The normalized spacial score (nSPS) is 9.93. The molecule has 0 spiro atoms. The number of rotatable bonds is 8. The van der Waals surface area contributed by atoms with E-state index in [4.69, 9.17) is 5.11 Å². The molecular formula is C10H21ClO2S. The highest BCUT2D eigenvalue weighted by Gasteiger charge is 1.97. The van der Waals surface area contributed by atoms with E-state index in [1.807, 2.05) is 0 Å². The lowest BCUT2D eigenvalue weighted by Crippen LogP contribution is -1.98. The van der Waals surface area contributed by atoms with Crippen LogP contribution in [-0.4, -0.2) is 22.6 Å². The molecule has 0 aromatic rings. The Hall–Kier alpha value is 0.110. The number of aliphatic carboxylic acids is 1. The monoisotopic (exact) mass is 240 g/mol. The van der Waals surface area contributed by atoms with Gasteiger partial charge in [-0.15, -0.1) is 12.4 Å². The molecule has 0 aliphatic heterocycles. The van der Waals surface area contributed by atoms with Crippen LogP contribution in [0, 0.1) is 5.92 Å². The van der Waals surface area contributed by atoms with E-state index in [0.717, 1.165) is 18.1 Å². The molecule has 0 aliphatic carbocycles. The minimum atomic E-state index is -0.702. The molecule has 0 aromatic heterocycles. The van der Waals surface area contributed by atoms with E-state index in [2.05, 4.69) is 13.8 Å². The predicted molar refractivity (Wildman–Crippen MR) is 65.5 cm³/mol. The first-order chi connectivity index (χ1) is 6.13. The van der Waals surface area contributed by atoms with E-state index >= 15 is 0 Å². The molecule has 4 heteroatoms. The van der Waals surface area contributed by atoms with Crippen molar-refractivity contribution in [3.63, 3.8) is 0 Å². The first kappa shape index (κ1) is 16.5. The van der Waals surface area contributed by atoms with E-state index in [1.54, 1.807) is 0 Å². The fourth-order valence-corrected chi connectivity index (χ4v) is 1.82. The quantitative estimate of drug-likeness (QED) is 0.661. The van der Waals surface area contributed by atoms with Gasteiger partial charge >= 0.3 is 5.97 Å². The zero-order valence-corrected chi connectivity index (χ0v) is 10.6. The molecule has 0 amide bonds. The summed E-state index contributed by atoms with van der Waals surface area (Å²) in [6.07, 6.45) is 4.98. The van der Waals surface area contributed by atoms with E-state index in [0.29, 0.717) is 0 Å². The molecule has 0 radical (unpaired) electrons. The summed E-state index contributed by atoms with van der Waals surface area (Å²) in [6, 6.07) is 0. The smallest absolute Gasteiger partial charge is 0.313 e. The first-order valence-corrected chi connectivity index (χ1v) is 6.08. The molecule has 0 unspecified atom stereocenters. The molecule has 86 valence electrons. The lowest BCUT2D eigenvalue weighted by Gasteiger charge is -2.03. The Morgan fingerprint density at radius 1 is 1.29 bits per heavy atom. The van der Waals surface area contributed by atoms with Crippen molar-refractivity contribution in [3.05, 3.63) is 0 Å². The van der Waals surface area contributed by atoms with Gasteiger partial charge in [0.1, 0.15) is 0 Å². The summed E-state index contributed by atoms with van der Waals surface area (Å²) < 4.78 is 0. The van der Waals surface area contributed by atoms with E-state index in [-0.39, 0.29) is 18.2 Å². The van der Waals surface area contributed by atoms with Gasteiger partial charge in [-0.25, -0.2) is 0 Å². The average molecular weight is 241 g/mol. The molecule has 0 atom stereocenters. The summed E-state index contributed by atoms with van der Waals surface area (Å²) in [7, 11) is 0. The van der Waals surface area contributed by atoms with Crippen LogP contribution in [-0.2, 0) is 4.79 Å². The summed E-state index contributed by atoms with van der Waals surface area (Å²) >= 11 is 1.52. The van der Waals surface area contributed by atoms with Gasteiger partial charge in [-0.1, -0.05) is 33.1 Å². The van der Waals surface area contributed by atoms with Gasteiger partial charge in [0.15, 0.2) is 0 Å². The van der Waals surface area contributed by atoms with Crippen LogP contribution < -0.4 is 0 Å². The Bertz CT molecular complexity index is 140. The Morgan fingerprint density at radius 2 is 1.93 bits per heavy atom. The number of carboxylic acids is 1. The Labute approximate surface area is 97.3 Å². The minimum absolute atomic E-state index is 0. The first-order valence-electron chi connectivity index (χ1n) is 4.92. The number of halogens is 1. The summed E-state index contributed by atoms with van der Waals surface area (Å²) in [4.78, 5) is 10.2. The summed E-state index contributed by atoms with van der Waals surface area (Å²) in [5.74, 6) is 1.34. The standard InChI is InChI=1S/C10H20O2S.ClH/c1-9(2)6-4-3-5-7-13-8-10(11)12;/h9H,3-8H2,1-2H3,(H,11,12);1H. The van der Waals surface area contributed by atoms with E-state index < -0.39 is 5.97 Å². The summed E-state index contributed by atoms with van der Waals surface area (Å²) in [6.45, 7) is 4.47. The number of hydrogen-bond donors (Lipinski definition) is 1. The van der Waals surface area contributed by atoms with Crippen LogP contribution in [0.2, 0.25) is 0 Å². The van der Waals surface area contributed by atoms with Crippen LogP contribution >= 0.6 is 24.2 Å².